The summed E-state index contributed by atoms with van der Waals surface area (Å²) in [6.45, 7) is 0. The Hall–Kier alpha value is -2.76. The van der Waals surface area contributed by atoms with Crippen LogP contribution in [-0.4, -0.2) is 15.1 Å². The third kappa shape index (κ3) is 2.49. The number of rotatable bonds is 3. The molecule has 0 saturated carbocycles. The summed E-state index contributed by atoms with van der Waals surface area (Å²) >= 11 is 0. The molecule has 3 rings (SSSR count). The van der Waals surface area contributed by atoms with E-state index < -0.39 is 0 Å². The summed E-state index contributed by atoms with van der Waals surface area (Å²) in [5.74, 6) is 0.407. The van der Waals surface area contributed by atoms with Crippen LogP contribution in [0.5, 0.6) is 0 Å². The molecule has 2 aromatic heterocycles. The lowest BCUT2D eigenvalue weighted by Crippen LogP contribution is -1.94. The van der Waals surface area contributed by atoms with Gasteiger partial charge in [0.1, 0.15) is 11.5 Å². The zero-order chi connectivity index (χ0) is 13.9. The number of benzene rings is 1. The van der Waals surface area contributed by atoms with Gasteiger partial charge in [-0.05, 0) is 23.8 Å². The normalized spacial score (nSPS) is 10.7. The second-order valence-corrected chi connectivity index (χ2v) is 4.26. The number of anilines is 1. The first-order chi connectivity index (χ1) is 9.72. The lowest BCUT2D eigenvalue weighted by Gasteiger charge is -1.97. The number of aromatic nitrogens is 3. The van der Waals surface area contributed by atoms with Crippen molar-refractivity contribution in [3.63, 3.8) is 0 Å². The summed E-state index contributed by atoms with van der Waals surface area (Å²) in [4.78, 5) is 8.29. The Morgan fingerprint density at radius 2 is 2.00 bits per heavy atom. The highest BCUT2D eigenvalue weighted by Crippen LogP contribution is 2.17. The van der Waals surface area contributed by atoms with Crippen LogP contribution in [0.3, 0.4) is 0 Å². The number of nitrogens with zero attached hydrogens (tertiary/aromatic N) is 3. The number of hydrogen-bond donors (Lipinski definition) is 1. The Balaban J connectivity index is 1.84. The molecule has 3 aromatic rings. The molecule has 0 aliphatic carbocycles. The molecular formula is C14H11FN4O. The molecule has 0 saturated heterocycles. The lowest BCUT2D eigenvalue weighted by atomic mass is 10.1. The van der Waals surface area contributed by atoms with Gasteiger partial charge in [0.25, 0.3) is 5.89 Å². The third-order valence-electron chi connectivity index (χ3n) is 2.78. The van der Waals surface area contributed by atoms with Crippen LogP contribution in [0, 0.1) is 5.82 Å². The highest BCUT2D eigenvalue weighted by atomic mass is 19.1. The number of halogens is 1. The summed E-state index contributed by atoms with van der Waals surface area (Å²) in [6.07, 6.45) is 1.78. The fourth-order valence-electron chi connectivity index (χ4n) is 1.77. The Morgan fingerprint density at radius 3 is 2.75 bits per heavy atom. The fraction of sp³-hybridized carbons (Fsp3) is 0.0714. The predicted octanol–water partition coefficient (Wildman–Crippen LogP) is 2.44. The molecule has 5 nitrogen and oxygen atoms in total. The maximum absolute atomic E-state index is 13.5. The molecule has 0 amide bonds. The number of nitrogen functional groups attached to an aromatic ring is 1. The van der Waals surface area contributed by atoms with Crippen LogP contribution in [0.1, 0.15) is 11.4 Å². The van der Waals surface area contributed by atoms with Gasteiger partial charge in [-0.15, -0.1) is 0 Å². The molecule has 0 spiro atoms. The van der Waals surface area contributed by atoms with E-state index in [9.17, 15) is 4.39 Å². The van der Waals surface area contributed by atoms with E-state index in [4.69, 9.17) is 10.3 Å². The van der Waals surface area contributed by atoms with E-state index >= 15 is 0 Å². The molecule has 0 bridgehead atoms. The molecule has 0 radical (unpaired) electrons. The highest BCUT2D eigenvalue weighted by Gasteiger charge is 2.11. The first-order valence-corrected chi connectivity index (χ1v) is 6.00. The van der Waals surface area contributed by atoms with E-state index in [1.165, 1.54) is 12.3 Å². The molecule has 0 aliphatic heterocycles. The number of hydrogen-bond acceptors (Lipinski definition) is 5. The Bertz CT molecular complexity index is 724. The van der Waals surface area contributed by atoms with Gasteiger partial charge in [-0.1, -0.05) is 23.4 Å². The van der Waals surface area contributed by atoms with Gasteiger partial charge in [0, 0.05) is 6.42 Å². The van der Waals surface area contributed by atoms with Crippen molar-refractivity contribution in [2.24, 2.45) is 0 Å². The minimum atomic E-state index is -0.288. The van der Waals surface area contributed by atoms with Gasteiger partial charge in [-0.25, -0.2) is 9.37 Å². The Morgan fingerprint density at radius 1 is 1.15 bits per heavy atom. The molecule has 20 heavy (non-hydrogen) atoms. The molecule has 0 fully saturated rings. The van der Waals surface area contributed by atoms with Crippen LogP contribution >= 0.6 is 0 Å². The van der Waals surface area contributed by atoms with E-state index in [2.05, 4.69) is 15.1 Å². The fourth-order valence-corrected chi connectivity index (χ4v) is 1.77. The smallest absolute Gasteiger partial charge is 0.276 e. The quantitative estimate of drug-likeness (QED) is 0.790. The molecule has 1 aromatic carbocycles. The van der Waals surface area contributed by atoms with Crippen LogP contribution in [0.2, 0.25) is 0 Å². The minimum Gasteiger partial charge on any atom is -0.397 e. The topological polar surface area (TPSA) is 77.8 Å². The average molecular weight is 270 g/mol. The van der Waals surface area contributed by atoms with Crippen molar-refractivity contribution in [3.8, 4) is 11.6 Å². The average Bonchev–Trinajstić information content (AvgIpc) is 2.91. The zero-order valence-electron chi connectivity index (χ0n) is 10.5. The summed E-state index contributed by atoms with van der Waals surface area (Å²) < 4.78 is 18.7. The van der Waals surface area contributed by atoms with Gasteiger partial charge in [-0.3, -0.25) is 0 Å². The van der Waals surface area contributed by atoms with Crippen molar-refractivity contribution in [2.45, 2.75) is 6.42 Å². The molecule has 2 N–H and O–H groups in total. The summed E-state index contributed by atoms with van der Waals surface area (Å²) in [5.41, 5.74) is 7.17. The molecule has 6 heteroatoms. The standard InChI is InChI=1S/C14H11FN4O/c15-11-4-2-1-3-9(11)7-13-18-14(20-19-13)12-6-5-10(16)8-17-12/h1-6,8H,7,16H2. The van der Waals surface area contributed by atoms with Gasteiger partial charge in [0.05, 0.1) is 11.9 Å². The summed E-state index contributed by atoms with van der Waals surface area (Å²) in [7, 11) is 0. The molecule has 0 atom stereocenters. The van der Waals surface area contributed by atoms with E-state index in [1.807, 2.05) is 0 Å². The largest absolute Gasteiger partial charge is 0.397 e. The minimum absolute atomic E-state index is 0.269. The summed E-state index contributed by atoms with van der Waals surface area (Å²) in [5, 5.41) is 3.83. The Kier molecular flexibility index (Phi) is 3.12. The van der Waals surface area contributed by atoms with Gasteiger partial charge in [-0.2, -0.15) is 4.98 Å². The van der Waals surface area contributed by atoms with Crippen molar-refractivity contribution in [1.29, 1.82) is 0 Å². The van der Waals surface area contributed by atoms with Crippen molar-refractivity contribution >= 4 is 5.69 Å². The van der Waals surface area contributed by atoms with Crippen molar-refractivity contribution in [3.05, 3.63) is 59.8 Å². The predicted molar refractivity (Wildman–Crippen MR) is 71.1 cm³/mol. The SMILES string of the molecule is Nc1ccc(-c2nc(Cc3ccccc3F)no2)nc1. The first-order valence-electron chi connectivity index (χ1n) is 6.00. The number of pyridine rings is 1. The van der Waals surface area contributed by atoms with E-state index in [0.717, 1.165) is 0 Å². The maximum Gasteiger partial charge on any atom is 0.276 e. The van der Waals surface area contributed by atoms with Gasteiger partial charge in [0.2, 0.25) is 0 Å². The van der Waals surface area contributed by atoms with Crippen LogP contribution < -0.4 is 5.73 Å². The zero-order valence-corrected chi connectivity index (χ0v) is 10.5. The van der Waals surface area contributed by atoms with Gasteiger partial charge in [0.15, 0.2) is 5.82 Å². The number of nitrogens with two attached hydrogens (primary N) is 1. The third-order valence-corrected chi connectivity index (χ3v) is 2.78. The highest BCUT2D eigenvalue weighted by molar-refractivity contribution is 5.50. The van der Waals surface area contributed by atoms with Gasteiger partial charge < -0.3 is 10.3 Å². The molecular weight excluding hydrogens is 259 g/mol. The van der Waals surface area contributed by atoms with Gasteiger partial charge >= 0.3 is 0 Å². The maximum atomic E-state index is 13.5. The monoisotopic (exact) mass is 270 g/mol. The van der Waals surface area contributed by atoms with E-state index in [1.54, 1.807) is 30.3 Å². The molecule has 0 aliphatic rings. The first kappa shape index (κ1) is 12.3. The van der Waals surface area contributed by atoms with E-state index in [-0.39, 0.29) is 18.1 Å². The van der Waals surface area contributed by atoms with Crippen molar-refractivity contribution < 1.29 is 8.91 Å². The summed E-state index contributed by atoms with van der Waals surface area (Å²) in [6, 6.07) is 9.88. The van der Waals surface area contributed by atoms with Crippen molar-refractivity contribution in [2.75, 3.05) is 5.73 Å². The molecule has 100 valence electrons. The molecule has 0 unspecified atom stereocenters. The van der Waals surface area contributed by atoms with Crippen molar-refractivity contribution in [1.82, 2.24) is 15.1 Å². The Labute approximate surface area is 114 Å². The van der Waals surface area contributed by atoms with Crippen LogP contribution in [0.4, 0.5) is 10.1 Å². The molecule has 2 heterocycles. The van der Waals surface area contributed by atoms with Crippen LogP contribution in [0.25, 0.3) is 11.6 Å². The second kappa shape index (κ2) is 5.08. The van der Waals surface area contributed by atoms with Crippen LogP contribution in [0.15, 0.2) is 47.1 Å². The lowest BCUT2D eigenvalue weighted by molar-refractivity contribution is 0.422. The second-order valence-electron chi connectivity index (χ2n) is 4.26. The van der Waals surface area contributed by atoms with Crippen LogP contribution in [-0.2, 0) is 6.42 Å². The van der Waals surface area contributed by atoms with E-state index in [0.29, 0.717) is 22.8 Å².